The van der Waals surface area contributed by atoms with Crippen LogP contribution in [-0.2, 0) is 23.5 Å². The summed E-state index contributed by atoms with van der Waals surface area (Å²) in [4.78, 5) is 18.7. The van der Waals surface area contributed by atoms with Gasteiger partial charge in [0.1, 0.15) is 5.82 Å². The maximum Gasteiger partial charge on any atom is 0.230 e. The SMILES string of the molecule is CC(=O)N(c1cccc(C)c1)c1nc(CSc2nnc3n2CCCCC3)cs1. The van der Waals surface area contributed by atoms with E-state index in [4.69, 9.17) is 4.98 Å². The van der Waals surface area contributed by atoms with Crippen LogP contribution in [0, 0.1) is 6.92 Å². The normalized spacial score (nSPS) is 13.8. The Morgan fingerprint density at radius 1 is 1.29 bits per heavy atom. The number of nitrogens with zero attached hydrogens (tertiary/aromatic N) is 5. The number of amides is 1. The fourth-order valence-electron chi connectivity index (χ4n) is 3.36. The maximum atomic E-state index is 12.3. The number of carbonyl (C=O) groups excluding carboxylic acids is 1. The van der Waals surface area contributed by atoms with Crippen LogP contribution in [0.1, 0.15) is 43.3 Å². The number of fused-ring (bicyclic) bond motifs is 1. The van der Waals surface area contributed by atoms with Crippen molar-refractivity contribution in [2.75, 3.05) is 4.90 Å². The van der Waals surface area contributed by atoms with Crippen LogP contribution >= 0.6 is 23.1 Å². The number of aryl methyl sites for hydroxylation is 2. The summed E-state index contributed by atoms with van der Waals surface area (Å²) < 4.78 is 2.25. The first-order chi connectivity index (χ1) is 13.6. The van der Waals surface area contributed by atoms with E-state index in [0.717, 1.165) is 40.9 Å². The Kier molecular flexibility index (Phi) is 5.77. The fraction of sp³-hybridized carbons (Fsp3) is 0.400. The van der Waals surface area contributed by atoms with Crippen LogP contribution in [0.5, 0.6) is 0 Å². The molecule has 6 nitrogen and oxygen atoms in total. The molecular weight excluding hydrogens is 390 g/mol. The Labute approximate surface area is 173 Å². The van der Waals surface area contributed by atoms with E-state index >= 15 is 0 Å². The standard InChI is InChI=1S/C20H23N5OS2/c1-14-7-6-8-17(11-14)25(15(2)26)19-21-16(12-27-19)13-28-20-23-22-18-9-4-3-5-10-24(18)20/h6-8,11-12H,3-5,9-10,13H2,1-2H3. The fourth-order valence-corrected chi connectivity index (χ4v) is 5.23. The summed E-state index contributed by atoms with van der Waals surface area (Å²) >= 11 is 3.16. The Morgan fingerprint density at radius 2 is 2.18 bits per heavy atom. The summed E-state index contributed by atoms with van der Waals surface area (Å²) in [7, 11) is 0. The summed E-state index contributed by atoms with van der Waals surface area (Å²) in [6.45, 7) is 4.59. The van der Waals surface area contributed by atoms with E-state index in [9.17, 15) is 4.79 Å². The first-order valence-electron chi connectivity index (χ1n) is 9.48. The molecule has 0 fully saturated rings. The average molecular weight is 414 g/mol. The quantitative estimate of drug-likeness (QED) is 0.565. The highest BCUT2D eigenvalue weighted by molar-refractivity contribution is 7.98. The molecule has 146 valence electrons. The minimum atomic E-state index is -0.0399. The van der Waals surface area contributed by atoms with Gasteiger partial charge in [0, 0.05) is 31.0 Å². The van der Waals surface area contributed by atoms with Crippen LogP contribution in [0.4, 0.5) is 10.8 Å². The molecule has 0 N–H and O–H groups in total. The van der Waals surface area contributed by atoms with Crippen LogP contribution in [0.15, 0.2) is 34.8 Å². The van der Waals surface area contributed by atoms with E-state index in [2.05, 4.69) is 14.8 Å². The van der Waals surface area contributed by atoms with E-state index in [0.29, 0.717) is 10.9 Å². The molecule has 0 bridgehead atoms. The first-order valence-corrected chi connectivity index (χ1v) is 11.3. The molecule has 8 heteroatoms. The van der Waals surface area contributed by atoms with Crippen molar-refractivity contribution in [2.24, 2.45) is 0 Å². The second-order valence-corrected chi connectivity index (χ2v) is 8.74. The number of rotatable bonds is 5. The average Bonchev–Trinajstić information content (AvgIpc) is 3.20. The topological polar surface area (TPSA) is 63.9 Å². The smallest absolute Gasteiger partial charge is 0.230 e. The van der Waals surface area contributed by atoms with Crippen LogP contribution in [0.25, 0.3) is 0 Å². The molecule has 0 radical (unpaired) electrons. The molecule has 1 amide bonds. The predicted molar refractivity (Wildman–Crippen MR) is 113 cm³/mol. The molecule has 2 aromatic heterocycles. The van der Waals surface area contributed by atoms with Crippen molar-refractivity contribution in [3.8, 4) is 0 Å². The number of carbonyl (C=O) groups is 1. The van der Waals surface area contributed by atoms with Gasteiger partial charge in [-0.1, -0.05) is 30.3 Å². The number of thioether (sulfide) groups is 1. The minimum Gasteiger partial charge on any atom is -0.306 e. The molecule has 1 aliphatic rings. The molecule has 1 aromatic carbocycles. The predicted octanol–water partition coefficient (Wildman–Crippen LogP) is 4.75. The van der Waals surface area contributed by atoms with Gasteiger partial charge in [-0.3, -0.25) is 9.69 Å². The Balaban J connectivity index is 1.50. The highest BCUT2D eigenvalue weighted by Gasteiger charge is 2.19. The van der Waals surface area contributed by atoms with E-state index in [-0.39, 0.29) is 5.91 Å². The van der Waals surface area contributed by atoms with Crippen LogP contribution in [0.2, 0.25) is 0 Å². The molecule has 1 aliphatic heterocycles. The lowest BCUT2D eigenvalue weighted by Crippen LogP contribution is -2.22. The molecule has 4 rings (SSSR count). The van der Waals surface area contributed by atoms with Gasteiger partial charge >= 0.3 is 0 Å². The second kappa shape index (κ2) is 8.45. The second-order valence-electron chi connectivity index (χ2n) is 6.96. The molecule has 3 aromatic rings. The van der Waals surface area contributed by atoms with Gasteiger partial charge in [0.05, 0.1) is 11.4 Å². The minimum absolute atomic E-state index is 0.0399. The van der Waals surface area contributed by atoms with Crippen LogP contribution in [-0.4, -0.2) is 25.7 Å². The van der Waals surface area contributed by atoms with E-state index in [1.54, 1.807) is 23.6 Å². The number of anilines is 2. The molecule has 3 heterocycles. The highest BCUT2D eigenvalue weighted by atomic mass is 32.2. The molecule has 0 atom stereocenters. The lowest BCUT2D eigenvalue weighted by atomic mass is 10.2. The van der Waals surface area contributed by atoms with Crippen molar-refractivity contribution in [2.45, 2.75) is 57.0 Å². The number of hydrogen-bond donors (Lipinski definition) is 0. The zero-order chi connectivity index (χ0) is 19.5. The van der Waals surface area contributed by atoms with Gasteiger partial charge in [-0.05, 0) is 37.5 Å². The zero-order valence-corrected chi connectivity index (χ0v) is 17.7. The number of hydrogen-bond acceptors (Lipinski definition) is 6. The van der Waals surface area contributed by atoms with Gasteiger partial charge in [-0.15, -0.1) is 21.5 Å². The number of thiazole rings is 1. The van der Waals surface area contributed by atoms with Gasteiger partial charge in [0.2, 0.25) is 5.91 Å². The van der Waals surface area contributed by atoms with E-state index < -0.39 is 0 Å². The van der Waals surface area contributed by atoms with Crippen molar-refractivity contribution in [3.05, 3.63) is 46.7 Å². The van der Waals surface area contributed by atoms with Crippen molar-refractivity contribution in [1.82, 2.24) is 19.7 Å². The number of aromatic nitrogens is 4. The summed E-state index contributed by atoms with van der Waals surface area (Å²) in [5.74, 6) is 1.77. The molecule has 0 aliphatic carbocycles. The third-order valence-electron chi connectivity index (χ3n) is 4.73. The van der Waals surface area contributed by atoms with Crippen molar-refractivity contribution >= 4 is 39.8 Å². The monoisotopic (exact) mass is 413 g/mol. The summed E-state index contributed by atoms with van der Waals surface area (Å²) in [5.41, 5.74) is 2.92. The van der Waals surface area contributed by atoms with Crippen LogP contribution < -0.4 is 4.90 Å². The van der Waals surface area contributed by atoms with Gasteiger partial charge in [-0.2, -0.15) is 0 Å². The Morgan fingerprint density at radius 3 is 3.00 bits per heavy atom. The highest BCUT2D eigenvalue weighted by Crippen LogP contribution is 2.31. The van der Waals surface area contributed by atoms with Gasteiger partial charge in [-0.25, -0.2) is 4.98 Å². The largest absolute Gasteiger partial charge is 0.306 e. The third-order valence-corrected chi connectivity index (χ3v) is 6.61. The lowest BCUT2D eigenvalue weighted by molar-refractivity contribution is -0.115. The van der Waals surface area contributed by atoms with E-state index in [1.807, 2.05) is 36.6 Å². The summed E-state index contributed by atoms with van der Waals surface area (Å²) in [6.07, 6.45) is 4.64. The molecule has 28 heavy (non-hydrogen) atoms. The van der Waals surface area contributed by atoms with Gasteiger partial charge in [0.15, 0.2) is 10.3 Å². The van der Waals surface area contributed by atoms with Crippen molar-refractivity contribution in [3.63, 3.8) is 0 Å². The summed E-state index contributed by atoms with van der Waals surface area (Å²) in [5, 5.41) is 12.4. The lowest BCUT2D eigenvalue weighted by Gasteiger charge is -2.18. The van der Waals surface area contributed by atoms with Gasteiger partial charge < -0.3 is 4.57 Å². The third kappa shape index (κ3) is 4.12. The molecule has 0 unspecified atom stereocenters. The Bertz CT molecular complexity index is 981. The van der Waals surface area contributed by atoms with Crippen molar-refractivity contribution in [1.29, 1.82) is 0 Å². The molecular formula is C20H23N5OS2. The van der Waals surface area contributed by atoms with Gasteiger partial charge in [0.25, 0.3) is 0 Å². The number of benzene rings is 1. The summed E-state index contributed by atoms with van der Waals surface area (Å²) in [6, 6.07) is 7.92. The van der Waals surface area contributed by atoms with Crippen LogP contribution in [0.3, 0.4) is 0 Å². The van der Waals surface area contributed by atoms with Crippen molar-refractivity contribution < 1.29 is 4.79 Å². The molecule has 0 spiro atoms. The Hall–Kier alpha value is -2.19. The first kappa shape index (κ1) is 19.1. The van der Waals surface area contributed by atoms with E-state index in [1.165, 1.54) is 30.6 Å². The molecule has 0 saturated heterocycles. The molecule has 0 saturated carbocycles. The zero-order valence-electron chi connectivity index (χ0n) is 16.1. The maximum absolute atomic E-state index is 12.3.